The van der Waals surface area contributed by atoms with Crippen LogP contribution < -0.4 is 5.32 Å². The van der Waals surface area contributed by atoms with Crippen molar-refractivity contribution in [2.24, 2.45) is 0 Å². The normalized spacial score (nSPS) is 12.9. The van der Waals surface area contributed by atoms with Crippen LogP contribution in [0.15, 0.2) is 47.1 Å². The summed E-state index contributed by atoms with van der Waals surface area (Å²) >= 11 is 1.60. The molecule has 1 atom stereocenters. The molecule has 3 aromatic rings. The van der Waals surface area contributed by atoms with Crippen LogP contribution in [0.1, 0.15) is 23.6 Å². The lowest BCUT2D eigenvalue weighted by Crippen LogP contribution is -2.20. The molecule has 2 aromatic heterocycles. The Morgan fingerprint density at radius 3 is 2.95 bits per heavy atom. The van der Waals surface area contributed by atoms with Gasteiger partial charge in [-0.05, 0) is 42.3 Å². The van der Waals surface area contributed by atoms with Gasteiger partial charge in [0.1, 0.15) is 17.6 Å². The highest BCUT2D eigenvalue weighted by Gasteiger charge is 2.18. The molecule has 0 aliphatic heterocycles. The second kappa shape index (κ2) is 5.15. The fourth-order valence-corrected chi connectivity index (χ4v) is 3.34. The van der Waals surface area contributed by atoms with Gasteiger partial charge in [0.25, 0.3) is 0 Å². The molecule has 0 fully saturated rings. The van der Waals surface area contributed by atoms with Crippen LogP contribution in [0.4, 0.5) is 4.39 Å². The first kappa shape index (κ1) is 12.4. The Balaban J connectivity index is 2.05. The van der Waals surface area contributed by atoms with Crippen LogP contribution in [-0.2, 0) is 0 Å². The number of fused-ring (bicyclic) bond motifs is 1. The highest BCUT2D eigenvalue weighted by molar-refractivity contribution is 7.19. The number of furan rings is 1. The number of rotatable bonds is 4. The van der Waals surface area contributed by atoms with Crippen LogP contribution in [0.2, 0.25) is 0 Å². The molecule has 0 saturated carbocycles. The van der Waals surface area contributed by atoms with Gasteiger partial charge in [0, 0.05) is 9.58 Å². The Morgan fingerprint density at radius 1 is 1.32 bits per heavy atom. The molecule has 4 heteroatoms. The molecule has 2 heterocycles. The molecule has 2 nitrogen and oxygen atoms in total. The first-order valence-electron chi connectivity index (χ1n) is 6.23. The number of nitrogens with one attached hydrogen (secondary N) is 1. The number of halogens is 1. The van der Waals surface area contributed by atoms with E-state index in [1.807, 2.05) is 18.2 Å². The van der Waals surface area contributed by atoms with Crippen molar-refractivity contribution in [1.29, 1.82) is 0 Å². The number of benzene rings is 1. The Morgan fingerprint density at radius 2 is 2.21 bits per heavy atom. The van der Waals surface area contributed by atoms with Crippen molar-refractivity contribution < 1.29 is 8.81 Å². The summed E-state index contributed by atoms with van der Waals surface area (Å²) in [6.07, 6.45) is 1.67. The second-order valence-electron chi connectivity index (χ2n) is 4.34. The van der Waals surface area contributed by atoms with Crippen LogP contribution in [0, 0.1) is 5.82 Å². The average Bonchev–Trinajstić information content (AvgIpc) is 3.04. The van der Waals surface area contributed by atoms with E-state index < -0.39 is 0 Å². The molecule has 98 valence electrons. The van der Waals surface area contributed by atoms with Gasteiger partial charge in [0.15, 0.2) is 0 Å². The summed E-state index contributed by atoms with van der Waals surface area (Å²) in [4.78, 5) is 1.14. The summed E-state index contributed by atoms with van der Waals surface area (Å²) < 4.78 is 19.7. The van der Waals surface area contributed by atoms with Gasteiger partial charge >= 0.3 is 0 Å². The number of thiophene rings is 1. The predicted octanol–water partition coefficient (Wildman–Crippen LogP) is 4.33. The van der Waals surface area contributed by atoms with Crippen molar-refractivity contribution in [1.82, 2.24) is 5.32 Å². The maximum Gasteiger partial charge on any atom is 0.126 e. The largest absolute Gasteiger partial charge is 0.467 e. The Bertz CT molecular complexity index is 675. The van der Waals surface area contributed by atoms with Gasteiger partial charge in [-0.1, -0.05) is 13.0 Å². The molecule has 0 bridgehead atoms. The third-order valence-electron chi connectivity index (χ3n) is 3.02. The molecule has 1 unspecified atom stereocenters. The standard InChI is InChI=1S/C15H14FNOS/c1-2-17-15(12-4-3-7-18-12)14-8-10-5-6-11(16)9-13(10)19-14/h3-9,15,17H,2H2,1H3. The van der Waals surface area contributed by atoms with Gasteiger partial charge in [-0.15, -0.1) is 11.3 Å². The summed E-state index contributed by atoms with van der Waals surface area (Å²) in [6, 6.07) is 10.8. The van der Waals surface area contributed by atoms with Crippen molar-refractivity contribution >= 4 is 21.4 Å². The van der Waals surface area contributed by atoms with Gasteiger partial charge in [-0.2, -0.15) is 0 Å². The second-order valence-corrected chi connectivity index (χ2v) is 5.45. The fraction of sp³-hybridized carbons (Fsp3) is 0.200. The molecular weight excluding hydrogens is 261 g/mol. The Labute approximate surface area is 114 Å². The van der Waals surface area contributed by atoms with E-state index in [-0.39, 0.29) is 11.9 Å². The van der Waals surface area contributed by atoms with Crippen molar-refractivity contribution in [3.8, 4) is 0 Å². The fourth-order valence-electron chi connectivity index (χ4n) is 2.17. The van der Waals surface area contributed by atoms with Crippen LogP contribution >= 0.6 is 11.3 Å². The van der Waals surface area contributed by atoms with E-state index in [2.05, 4.69) is 18.3 Å². The van der Waals surface area contributed by atoms with Crippen LogP contribution in [-0.4, -0.2) is 6.54 Å². The van der Waals surface area contributed by atoms with Gasteiger partial charge in [-0.25, -0.2) is 4.39 Å². The van der Waals surface area contributed by atoms with Crippen molar-refractivity contribution in [3.63, 3.8) is 0 Å². The van der Waals surface area contributed by atoms with Crippen LogP contribution in [0.5, 0.6) is 0 Å². The van der Waals surface area contributed by atoms with Gasteiger partial charge in [0.05, 0.1) is 6.26 Å². The number of hydrogen-bond acceptors (Lipinski definition) is 3. The SMILES string of the molecule is CCNC(c1ccco1)c1cc2ccc(F)cc2s1. The average molecular weight is 275 g/mol. The van der Waals surface area contributed by atoms with Crippen molar-refractivity contribution in [2.45, 2.75) is 13.0 Å². The summed E-state index contributed by atoms with van der Waals surface area (Å²) in [5, 5.41) is 4.47. The smallest absolute Gasteiger partial charge is 0.126 e. The summed E-state index contributed by atoms with van der Waals surface area (Å²) in [6.45, 7) is 2.90. The predicted molar refractivity (Wildman–Crippen MR) is 76.0 cm³/mol. The zero-order chi connectivity index (χ0) is 13.2. The molecule has 0 aliphatic carbocycles. The van der Waals surface area contributed by atoms with E-state index in [1.165, 1.54) is 6.07 Å². The lowest BCUT2D eigenvalue weighted by Gasteiger charge is -2.13. The van der Waals surface area contributed by atoms with Crippen LogP contribution in [0.3, 0.4) is 0 Å². The van der Waals surface area contributed by atoms with E-state index in [4.69, 9.17) is 4.42 Å². The highest BCUT2D eigenvalue weighted by atomic mass is 32.1. The number of hydrogen-bond donors (Lipinski definition) is 1. The van der Waals surface area contributed by atoms with Gasteiger partial charge < -0.3 is 9.73 Å². The quantitative estimate of drug-likeness (QED) is 0.766. The lowest BCUT2D eigenvalue weighted by atomic mass is 10.1. The maximum absolute atomic E-state index is 13.2. The van der Waals surface area contributed by atoms with Gasteiger partial charge in [0.2, 0.25) is 0 Å². The Hall–Kier alpha value is -1.65. The lowest BCUT2D eigenvalue weighted by molar-refractivity contribution is 0.455. The topological polar surface area (TPSA) is 25.2 Å². The minimum Gasteiger partial charge on any atom is -0.467 e. The zero-order valence-electron chi connectivity index (χ0n) is 10.5. The summed E-state index contributed by atoms with van der Waals surface area (Å²) in [5.41, 5.74) is 0. The molecule has 3 rings (SSSR count). The van der Waals surface area contributed by atoms with E-state index in [0.29, 0.717) is 0 Å². The molecule has 0 radical (unpaired) electrons. The van der Waals surface area contributed by atoms with E-state index >= 15 is 0 Å². The maximum atomic E-state index is 13.2. The summed E-state index contributed by atoms with van der Waals surface area (Å²) in [5.74, 6) is 0.688. The third kappa shape index (κ3) is 2.41. The summed E-state index contributed by atoms with van der Waals surface area (Å²) in [7, 11) is 0. The monoisotopic (exact) mass is 275 g/mol. The van der Waals surface area contributed by atoms with Gasteiger partial charge in [-0.3, -0.25) is 0 Å². The molecule has 1 aromatic carbocycles. The molecule has 0 amide bonds. The van der Waals surface area contributed by atoms with E-state index in [9.17, 15) is 4.39 Å². The highest BCUT2D eigenvalue weighted by Crippen LogP contribution is 2.33. The van der Waals surface area contributed by atoms with Crippen molar-refractivity contribution in [3.05, 3.63) is 59.1 Å². The Kier molecular flexibility index (Phi) is 3.36. The van der Waals surface area contributed by atoms with Crippen LogP contribution in [0.25, 0.3) is 10.1 Å². The minimum absolute atomic E-state index is 0.0282. The molecular formula is C15H14FNOS. The van der Waals surface area contributed by atoms with Crippen molar-refractivity contribution in [2.75, 3.05) is 6.54 Å². The molecule has 19 heavy (non-hydrogen) atoms. The third-order valence-corrected chi connectivity index (χ3v) is 4.18. The molecule has 0 spiro atoms. The first-order valence-corrected chi connectivity index (χ1v) is 7.05. The van der Waals surface area contributed by atoms with E-state index in [1.54, 1.807) is 23.7 Å². The minimum atomic E-state index is -0.195. The zero-order valence-corrected chi connectivity index (χ0v) is 11.3. The molecule has 0 aliphatic rings. The molecule has 1 N–H and O–H groups in total. The van der Waals surface area contributed by atoms with E-state index in [0.717, 1.165) is 27.3 Å². The molecule has 0 saturated heterocycles. The first-order chi connectivity index (χ1) is 9.28.